The average Bonchev–Trinajstić information content (AvgIpc) is 1.85. The van der Waals surface area contributed by atoms with Gasteiger partial charge in [0.05, 0.1) is 0 Å². The van der Waals surface area contributed by atoms with Crippen LogP contribution in [0.25, 0.3) is 0 Å². The van der Waals surface area contributed by atoms with E-state index in [4.69, 9.17) is 11.6 Å². The van der Waals surface area contributed by atoms with Crippen LogP contribution in [-0.4, -0.2) is 0 Å². The molecule has 0 N–H and O–H groups in total. The molecule has 0 spiro atoms. The minimum Gasteiger partial charge on any atom is -0.207 e. The first kappa shape index (κ1) is 9.49. The Morgan fingerprint density at radius 3 is 2.55 bits per heavy atom. The summed E-state index contributed by atoms with van der Waals surface area (Å²) in [5, 5.41) is 0. The molecule has 0 aromatic heterocycles. The van der Waals surface area contributed by atoms with Gasteiger partial charge in [0.1, 0.15) is 10.1 Å². The summed E-state index contributed by atoms with van der Waals surface area (Å²) >= 11 is 11.8. The predicted molar refractivity (Wildman–Crippen MR) is 51.6 cm³/mol. The van der Waals surface area contributed by atoms with Crippen molar-refractivity contribution in [2.75, 3.05) is 0 Å². The van der Waals surface area contributed by atoms with Gasteiger partial charge < -0.3 is 0 Å². The summed E-state index contributed by atoms with van der Waals surface area (Å²) in [6, 6.07) is 4.76. The van der Waals surface area contributed by atoms with Crippen molar-refractivity contribution in [3.8, 4) is 0 Å². The first-order valence-electron chi connectivity index (χ1n) is 2.84. The van der Waals surface area contributed by atoms with Gasteiger partial charge in [-0.25, -0.2) is 4.39 Å². The van der Waals surface area contributed by atoms with E-state index in [0.29, 0.717) is 10.0 Å². The summed E-state index contributed by atoms with van der Waals surface area (Å²) in [5.41, 5.74) is 0.454. The third kappa shape index (κ3) is 2.42. The molecule has 0 nitrogen and oxygen atoms in total. The molecule has 0 aliphatic rings. The molecular weight excluding hydrogens is 298 g/mol. The topological polar surface area (TPSA) is 0 Å². The molecule has 1 aromatic carbocycles. The molecule has 4 heteroatoms. The quantitative estimate of drug-likeness (QED) is 0.681. The fourth-order valence-corrected chi connectivity index (χ4v) is 1.56. The van der Waals surface area contributed by atoms with E-state index in [1.165, 1.54) is 6.07 Å². The molecule has 0 amide bonds. The van der Waals surface area contributed by atoms with Crippen molar-refractivity contribution in [2.24, 2.45) is 0 Å². The smallest absolute Gasteiger partial charge is 0.129 e. The zero-order valence-electron chi connectivity index (χ0n) is 5.32. The Morgan fingerprint density at radius 1 is 1.45 bits per heavy atom. The zero-order valence-corrected chi connectivity index (χ0v) is 9.25. The summed E-state index contributed by atoms with van der Waals surface area (Å²) < 4.78 is 13.2. The third-order valence-electron chi connectivity index (χ3n) is 1.20. The van der Waals surface area contributed by atoms with Gasteiger partial charge >= 0.3 is 0 Å². The van der Waals surface area contributed by atoms with Crippen molar-refractivity contribution >= 4 is 43.5 Å². The van der Waals surface area contributed by atoms with Crippen molar-refractivity contribution in [1.82, 2.24) is 0 Å². The molecule has 1 aromatic rings. The molecule has 1 unspecified atom stereocenters. The van der Waals surface area contributed by atoms with E-state index in [9.17, 15) is 4.39 Å². The maximum absolute atomic E-state index is 13.0. The van der Waals surface area contributed by atoms with Crippen LogP contribution in [0.3, 0.4) is 0 Å². The fraction of sp³-hybridized carbons (Fsp3) is 0.143. The monoisotopic (exact) mass is 300 g/mol. The molecule has 0 saturated heterocycles. The van der Waals surface area contributed by atoms with Crippen LogP contribution in [0.5, 0.6) is 0 Å². The molecule has 0 radical (unpaired) electrons. The summed E-state index contributed by atoms with van der Waals surface area (Å²) in [6.45, 7) is 0. The maximum atomic E-state index is 13.0. The maximum Gasteiger partial charge on any atom is 0.129 e. The molecule has 0 saturated carbocycles. The molecule has 0 heterocycles. The molecule has 11 heavy (non-hydrogen) atoms. The second-order valence-electron chi connectivity index (χ2n) is 1.97. The number of halogens is 4. The molecule has 0 fully saturated rings. The number of alkyl halides is 2. The lowest BCUT2D eigenvalue weighted by Gasteiger charge is -2.02. The van der Waals surface area contributed by atoms with Crippen molar-refractivity contribution in [1.29, 1.82) is 0 Å². The van der Waals surface area contributed by atoms with Crippen molar-refractivity contribution in [3.63, 3.8) is 0 Å². The molecule has 1 atom stereocenters. The minimum atomic E-state index is -0.462. The van der Waals surface area contributed by atoms with Crippen molar-refractivity contribution < 1.29 is 4.39 Å². The van der Waals surface area contributed by atoms with Crippen LogP contribution >= 0.6 is 43.5 Å². The minimum absolute atomic E-state index is 0.309. The normalized spacial score (nSPS) is 13.1. The van der Waals surface area contributed by atoms with E-state index in [-0.39, 0.29) is 5.82 Å². The van der Waals surface area contributed by atoms with Crippen LogP contribution < -0.4 is 0 Å². The van der Waals surface area contributed by atoms with E-state index in [1.54, 1.807) is 12.1 Å². The molecule has 0 bridgehead atoms. The SMILES string of the molecule is Fc1cc(Br)ccc1C(Cl)Br. The predicted octanol–water partition coefficient (Wildman–Crippen LogP) is 4.22. The van der Waals surface area contributed by atoms with Gasteiger partial charge in [-0.05, 0) is 12.1 Å². The Kier molecular flexibility index (Phi) is 3.34. The highest BCUT2D eigenvalue weighted by Crippen LogP contribution is 2.30. The van der Waals surface area contributed by atoms with Crippen LogP contribution in [0.1, 0.15) is 9.85 Å². The highest BCUT2D eigenvalue weighted by Gasteiger charge is 2.08. The Bertz CT molecular complexity index is 263. The van der Waals surface area contributed by atoms with Gasteiger partial charge in [0.2, 0.25) is 0 Å². The first-order valence-corrected chi connectivity index (χ1v) is 4.99. The van der Waals surface area contributed by atoms with Gasteiger partial charge in [-0.1, -0.05) is 37.9 Å². The summed E-state index contributed by atoms with van der Waals surface area (Å²) in [6.07, 6.45) is 0. The average molecular weight is 302 g/mol. The molecular formula is C7H4Br2ClF. The Labute approximate surface area is 86.0 Å². The van der Waals surface area contributed by atoms with E-state index >= 15 is 0 Å². The van der Waals surface area contributed by atoms with Gasteiger partial charge in [-0.15, -0.1) is 11.6 Å². The molecule has 60 valence electrons. The Morgan fingerprint density at radius 2 is 2.09 bits per heavy atom. The lowest BCUT2D eigenvalue weighted by atomic mass is 10.2. The van der Waals surface area contributed by atoms with E-state index in [2.05, 4.69) is 31.9 Å². The first-order chi connectivity index (χ1) is 5.11. The van der Waals surface area contributed by atoms with Gasteiger partial charge in [0.25, 0.3) is 0 Å². The fourth-order valence-electron chi connectivity index (χ4n) is 0.678. The van der Waals surface area contributed by atoms with E-state index < -0.39 is 4.29 Å². The molecule has 1 rings (SSSR count). The lowest BCUT2D eigenvalue weighted by Crippen LogP contribution is -1.86. The largest absolute Gasteiger partial charge is 0.207 e. The van der Waals surface area contributed by atoms with Crippen LogP contribution in [-0.2, 0) is 0 Å². The summed E-state index contributed by atoms with van der Waals surface area (Å²) in [7, 11) is 0. The van der Waals surface area contributed by atoms with E-state index in [0.717, 1.165) is 0 Å². The highest BCUT2D eigenvalue weighted by molar-refractivity contribution is 9.10. The second kappa shape index (κ2) is 3.87. The van der Waals surface area contributed by atoms with Crippen molar-refractivity contribution in [3.05, 3.63) is 34.1 Å². The number of hydrogen-bond acceptors (Lipinski definition) is 0. The summed E-state index contributed by atoms with van der Waals surface area (Å²) in [4.78, 5) is 0. The van der Waals surface area contributed by atoms with Crippen LogP contribution in [0.2, 0.25) is 0 Å². The highest BCUT2D eigenvalue weighted by atomic mass is 79.9. The van der Waals surface area contributed by atoms with Crippen molar-refractivity contribution in [2.45, 2.75) is 4.29 Å². The molecule has 0 aliphatic heterocycles. The zero-order chi connectivity index (χ0) is 8.43. The number of rotatable bonds is 1. The second-order valence-corrected chi connectivity index (χ2v) is 4.76. The standard InChI is InChI=1S/C7H4Br2ClF/c8-4-1-2-5(7(9)10)6(11)3-4/h1-3,7H. The molecule has 0 aliphatic carbocycles. The van der Waals surface area contributed by atoms with Crippen LogP contribution in [0, 0.1) is 5.82 Å². The van der Waals surface area contributed by atoms with Gasteiger partial charge in [-0.2, -0.15) is 0 Å². The third-order valence-corrected chi connectivity index (χ3v) is 2.42. The van der Waals surface area contributed by atoms with Gasteiger partial charge in [0.15, 0.2) is 0 Å². The Balaban J connectivity index is 3.09. The summed E-state index contributed by atoms with van der Waals surface area (Å²) in [5.74, 6) is -0.309. The van der Waals surface area contributed by atoms with Crippen LogP contribution in [0.4, 0.5) is 4.39 Å². The lowest BCUT2D eigenvalue weighted by molar-refractivity contribution is 0.616. The van der Waals surface area contributed by atoms with Gasteiger partial charge in [-0.3, -0.25) is 0 Å². The van der Waals surface area contributed by atoms with Gasteiger partial charge in [0, 0.05) is 10.0 Å². The number of benzene rings is 1. The number of hydrogen-bond donors (Lipinski definition) is 0. The van der Waals surface area contributed by atoms with Crippen LogP contribution in [0.15, 0.2) is 22.7 Å². The Hall–Kier alpha value is 0.400. The van der Waals surface area contributed by atoms with E-state index in [1.807, 2.05) is 0 Å².